The number of nitrogens with zero attached hydrogens (tertiary/aromatic N) is 1. The maximum absolute atomic E-state index is 12.1. The summed E-state index contributed by atoms with van der Waals surface area (Å²) in [5, 5.41) is 8.87. The number of carbonyl (C=O) groups is 2. The third-order valence-corrected chi connectivity index (χ3v) is 3.48. The summed E-state index contributed by atoms with van der Waals surface area (Å²) in [5.74, 6) is -0.00364. The highest BCUT2D eigenvalue weighted by atomic mass is 16.5. The second-order valence-electron chi connectivity index (χ2n) is 5.48. The first-order chi connectivity index (χ1) is 13.1. The molecule has 0 atom stereocenters. The van der Waals surface area contributed by atoms with Gasteiger partial charge in [-0.1, -0.05) is 12.6 Å². The van der Waals surface area contributed by atoms with E-state index in [0.717, 1.165) is 12.5 Å². The number of esters is 2. The van der Waals surface area contributed by atoms with Crippen molar-refractivity contribution in [2.45, 2.75) is 12.8 Å². The lowest BCUT2D eigenvalue weighted by atomic mass is 10.2. The minimum Gasteiger partial charge on any atom is -0.494 e. The summed E-state index contributed by atoms with van der Waals surface area (Å²) in [6.07, 6.45) is 2.54. The van der Waals surface area contributed by atoms with Gasteiger partial charge >= 0.3 is 11.9 Å². The van der Waals surface area contributed by atoms with Crippen LogP contribution in [0.5, 0.6) is 11.5 Å². The molecule has 0 aliphatic rings. The third kappa shape index (κ3) is 6.67. The van der Waals surface area contributed by atoms with Gasteiger partial charge in [-0.15, -0.1) is 0 Å². The highest BCUT2D eigenvalue weighted by molar-refractivity contribution is 5.91. The van der Waals surface area contributed by atoms with Crippen molar-refractivity contribution in [1.29, 1.82) is 5.26 Å². The zero-order valence-electron chi connectivity index (χ0n) is 14.7. The fourth-order valence-electron chi connectivity index (χ4n) is 2.11. The van der Waals surface area contributed by atoms with E-state index in [4.69, 9.17) is 19.5 Å². The van der Waals surface area contributed by atoms with Gasteiger partial charge in [0.05, 0.1) is 30.4 Å². The number of hydrogen-bond acceptors (Lipinski definition) is 6. The molecule has 0 aliphatic carbocycles. The van der Waals surface area contributed by atoms with Gasteiger partial charge in [0.25, 0.3) is 0 Å². The van der Waals surface area contributed by atoms with E-state index in [0.29, 0.717) is 42.3 Å². The Bertz CT molecular complexity index is 836. The van der Waals surface area contributed by atoms with Crippen LogP contribution in [0.3, 0.4) is 0 Å². The maximum atomic E-state index is 12.1. The van der Waals surface area contributed by atoms with Crippen molar-refractivity contribution in [3.05, 3.63) is 72.3 Å². The number of benzene rings is 2. The highest BCUT2D eigenvalue weighted by Crippen LogP contribution is 2.17. The molecule has 0 aromatic heterocycles. The first kappa shape index (κ1) is 19.7. The molecule has 0 aliphatic heterocycles. The number of hydrogen-bond donors (Lipinski definition) is 0. The molecule has 27 heavy (non-hydrogen) atoms. The summed E-state index contributed by atoms with van der Waals surface area (Å²) in [5.41, 5.74) is 0.796. The standard InChI is InChI=1S/C21H19NO5/c1-2-20(23)26-13-4-3-12-25-18-10-8-17(9-11-18)21(24)27-19-7-5-6-16(14-19)15-22/h2,5-11,14H,1,3-4,12-13H2. The fraction of sp³-hybridized carbons (Fsp3) is 0.190. The molecule has 0 saturated heterocycles. The molecule has 6 heteroatoms. The molecule has 0 unspecified atom stereocenters. The van der Waals surface area contributed by atoms with Crippen LogP contribution in [-0.4, -0.2) is 25.2 Å². The molecule has 0 spiro atoms. The molecule has 2 aromatic rings. The minimum absolute atomic E-state index is 0.316. The zero-order valence-corrected chi connectivity index (χ0v) is 14.7. The van der Waals surface area contributed by atoms with Crippen molar-refractivity contribution < 1.29 is 23.8 Å². The van der Waals surface area contributed by atoms with E-state index >= 15 is 0 Å². The van der Waals surface area contributed by atoms with E-state index in [1.165, 1.54) is 6.07 Å². The van der Waals surface area contributed by atoms with E-state index in [1.54, 1.807) is 42.5 Å². The third-order valence-electron chi connectivity index (χ3n) is 3.48. The molecular formula is C21H19NO5. The van der Waals surface area contributed by atoms with Crippen LogP contribution < -0.4 is 9.47 Å². The minimum atomic E-state index is -0.513. The van der Waals surface area contributed by atoms with Gasteiger partial charge in [-0.3, -0.25) is 0 Å². The number of nitriles is 1. The van der Waals surface area contributed by atoms with Gasteiger partial charge in [-0.2, -0.15) is 5.26 Å². The Morgan fingerprint density at radius 1 is 1.04 bits per heavy atom. The molecule has 0 saturated carbocycles. The first-order valence-corrected chi connectivity index (χ1v) is 8.37. The summed E-state index contributed by atoms with van der Waals surface area (Å²) in [4.78, 5) is 23.0. The first-order valence-electron chi connectivity index (χ1n) is 8.37. The van der Waals surface area contributed by atoms with Gasteiger partial charge in [0.1, 0.15) is 11.5 Å². The Hall–Kier alpha value is -3.59. The number of ether oxygens (including phenoxy) is 3. The molecule has 2 rings (SSSR count). The summed E-state index contributed by atoms with van der Waals surface area (Å²) < 4.78 is 15.7. The molecule has 0 heterocycles. The summed E-state index contributed by atoms with van der Waals surface area (Å²) in [6, 6.07) is 15.0. The maximum Gasteiger partial charge on any atom is 0.343 e. The second kappa shape index (κ2) is 10.4. The van der Waals surface area contributed by atoms with E-state index < -0.39 is 11.9 Å². The zero-order chi connectivity index (χ0) is 19.5. The van der Waals surface area contributed by atoms with Gasteiger partial charge in [0.2, 0.25) is 0 Å². The van der Waals surface area contributed by atoms with Gasteiger partial charge in [0.15, 0.2) is 0 Å². The summed E-state index contributed by atoms with van der Waals surface area (Å²) in [7, 11) is 0. The average Bonchev–Trinajstić information content (AvgIpc) is 2.70. The van der Waals surface area contributed by atoms with Gasteiger partial charge in [-0.25, -0.2) is 9.59 Å². The van der Waals surface area contributed by atoms with Crippen LogP contribution in [0.1, 0.15) is 28.8 Å². The van der Waals surface area contributed by atoms with Crippen LogP contribution in [0.15, 0.2) is 61.2 Å². The van der Waals surface area contributed by atoms with Crippen LogP contribution in [0.25, 0.3) is 0 Å². The SMILES string of the molecule is C=CC(=O)OCCCCOc1ccc(C(=O)Oc2cccc(C#N)c2)cc1. The fourth-order valence-corrected chi connectivity index (χ4v) is 2.11. The summed E-state index contributed by atoms with van der Waals surface area (Å²) >= 11 is 0. The van der Waals surface area contributed by atoms with Crippen molar-refractivity contribution in [3.63, 3.8) is 0 Å². The van der Waals surface area contributed by atoms with E-state index in [1.807, 2.05) is 6.07 Å². The Labute approximate surface area is 157 Å². The second-order valence-corrected chi connectivity index (χ2v) is 5.48. The topological polar surface area (TPSA) is 85.6 Å². The van der Waals surface area contributed by atoms with Crippen LogP contribution in [0.4, 0.5) is 0 Å². The lowest BCUT2D eigenvalue weighted by molar-refractivity contribution is -0.137. The number of carbonyl (C=O) groups excluding carboxylic acids is 2. The molecule has 138 valence electrons. The predicted molar refractivity (Wildman–Crippen MR) is 98.4 cm³/mol. The van der Waals surface area contributed by atoms with Crippen LogP contribution in [0, 0.1) is 11.3 Å². The summed E-state index contributed by atoms with van der Waals surface area (Å²) in [6.45, 7) is 4.11. The van der Waals surface area contributed by atoms with Gasteiger partial charge in [-0.05, 0) is 55.3 Å². The normalized spacial score (nSPS) is 9.74. The lowest BCUT2D eigenvalue weighted by Crippen LogP contribution is -2.08. The van der Waals surface area contributed by atoms with Gasteiger partial charge < -0.3 is 14.2 Å². The molecule has 0 N–H and O–H groups in total. The van der Waals surface area contributed by atoms with Gasteiger partial charge in [0, 0.05) is 6.08 Å². The molecule has 0 radical (unpaired) electrons. The van der Waals surface area contributed by atoms with Crippen LogP contribution in [0.2, 0.25) is 0 Å². The Morgan fingerprint density at radius 3 is 2.48 bits per heavy atom. The van der Waals surface area contributed by atoms with Crippen LogP contribution in [-0.2, 0) is 9.53 Å². The monoisotopic (exact) mass is 365 g/mol. The van der Waals surface area contributed by atoms with Crippen LogP contribution >= 0.6 is 0 Å². The van der Waals surface area contributed by atoms with Crippen molar-refractivity contribution in [1.82, 2.24) is 0 Å². The molecule has 2 aromatic carbocycles. The smallest absolute Gasteiger partial charge is 0.343 e. The average molecular weight is 365 g/mol. The van der Waals surface area contributed by atoms with E-state index in [9.17, 15) is 9.59 Å². The highest BCUT2D eigenvalue weighted by Gasteiger charge is 2.09. The Balaban J connectivity index is 1.77. The molecular weight excluding hydrogens is 346 g/mol. The van der Waals surface area contributed by atoms with E-state index in [2.05, 4.69) is 6.58 Å². The number of unbranched alkanes of at least 4 members (excludes halogenated alkanes) is 1. The largest absolute Gasteiger partial charge is 0.494 e. The molecule has 0 fully saturated rings. The lowest BCUT2D eigenvalue weighted by Gasteiger charge is -2.08. The number of rotatable bonds is 9. The quantitative estimate of drug-likeness (QED) is 0.292. The molecule has 0 bridgehead atoms. The predicted octanol–water partition coefficient (Wildman–Crippen LogP) is 3.67. The van der Waals surface area contributed by atoms with Crippen molar-refractivity contribution >= 4 is 11.9 Å². The van der Waals surface area contributed by atoms with E-state index in [-0.39, 0.29) is 0 Å². The van der Waals surface area contributed by atoms with Crippen molar-refractivity contribution in [2.24, 2.45) is 0 Å². The van der Waals surface area contributed by atoms with Crippen molar-refractivity contribution in [2.75, 3.05) is 13.2 Å². The Morgan fingerprint density at radius 2 is 1.78 bits per heavy atom. The Kier molecular flexibility index (Phi) is 7.61. The molecule has 6 nitrogen and oxygen atoms in total. The van der Waals surface area contributed by atoms with Crippen molar-refractivity contribution in [3.8, 4) is 17.6 Å². The molecule has 0 amide bonds.